The van der Waals surface area contributed by atoms with E-state index in [9.17, 15) is 15.0 Å². The van der Waals surface area contributed by atoms with E-state index in [0.29, 0.717) is 13.1 Å². The summed E-state index contributed by atoms with van der Waals surface area (Å²) in [5, 5.41) is 19.0. The van der Waals surface area contributed by atoms with E-state index in [-0.39, 0.29) is 23.0 Å². The second-order valence-electron chi connectivity index (χ2n) is 4.30. The van der Waals surface area contributed by atoms with Crippen molar-refractivity contribution >= 4 is 5.91 Å². The Morgan fingerprint density at radius 3 is 2.47 bits per heavy atom. The highest BCUT2D eigenvalue weighted by molar-refractivity contribution is 5.97. The summed E-state index contributed by atoms with van der Waals surface area (Å²) < 4.78 is 0. The molecule has 1 fully saturated rings. The SMILES string of the molecule is CN1CCN(C(=O)c2cc(O)ccc2O)CC1. The molecule has 1 heterocycles. The van der Waals surface area contributed by atoms with Crippen molar-refractivity contribution in [2.75, 3.05) is 33.2 Å². The summed E-state index contributed by atoms with van der Waals surface area (Å²) in [6.45, 7) is 2.94. The van der Waals surface area contributed by atoms with Gasteiger partial charge in [-0.05, 0) is 25.2 Å². The topological polar surface area (TPSA) is 64.0 Å². The van der Waals surface area contributed by atoms with Gasteiger partial charge in [-0.2, -0.15) is 0 Å². The van der Waals surface area contributed by atoms with Crippen molar-refractivity contribution in [2.24, 2.45) is 0 Å². The number of carbonyl (C=O) groups excluding carboxylic acids is 1. The molecule has 17 heavy (non-hydrogen) atoms. The first-order chi connectivity index (χ1) is 8.08. The maximum atomic E-state index is 12.1. The Balaban J connectivity index is 2.16. The lowest BCUT2D eigenvalue weighted by Gasteiger charge is -2.32. The van der Waals surface area contributed by atoms with Gasteiger partial charge in [0.05, 0.1) is 5.56 Å². The molecule has 2 N–H and O–H groups in total. The van der Waals surface area contributed by atoms with Crippen LogP contribution in [0.1, 0.15) is 10.4 Å². The molecule has 2 rings (SSSR count). The normalized spacial score (nSPS) is 17.1. The number of hydrogen-bond donors (Lipinski definition) is 2. The molecule has 5 heteroatoms. The second kappa shape index (κ2) is 4.63. The summed E-state index contributed by atoms with van der Waals surface area (Å²) in [4.78, 5) is 15.9. The van der Waals surface area contributed by atoms with E-state index < -0.39 is 0 Å². The third kappa shape index (κ3) is 2.50. The molecule has 1 aliphatic rings. The molecule has 0 bridgehead atoms. The summed E-state index contributed by atoms with van der Waals surface area (Å²) in [7, 11) is 2.01. The van der Waals surface area contributed by atoms with Crippen LogP contribution >= 0.6 is 0 Å². The van der Waals surface area contributed by atoms with Crippen LogP contribution in [0.3, 0.4) is 0 Å². The van der Waals surface area contributed by atoms with Crippen LogP contribution in [0.25, 0.3) is 0 Å². The quantitative estimate of drug-likeness (QED) is 0.696. The number of hydrogen-bond acceptors (Lipinski definition) is 4. The van der Waals surface area contributed by atoms with E-state index in [4.69, 9.17) is 0 Å². The molecular weight excluding hydrogens is 220 g/mol. The average Bonchev–Trinajstić information content (AvgIpc) is 2.32. The number of rotatable bonds is 1. The fraction of sp³-hybridized carbons (Fsp3) is 0.417. The summed E-state index contributed by atoms with van der Waals surface area (Å²) in [5.74, 6) is -0.335. The number of phenolic OH excluding ortho intramolecular Hbond substituents is 2. The minimum Gasteiger partial charge on any atom is -0.508 e. The third-order valence-electron chi connectivity index (χ3n) is 3.00. The van der Waals surface area contributed by atoms with Gasteiger partial charge in [-0.25, -0.2) is 0 Å². The van der Waals surface area contributed by atoms with Gasteiger partial charge in [-0.3, -0.25) is 4.79 Å². The Hall–Kier alpha value is -1.75. The van der Waals surface area contributed by atoms with Crippen LogP contribution in [-0.4, -0.2) is 59.1 Å². The van der Waals surface area contributed by atoms with E-state index >= 15 is 0 Å². The Kier molecular flexibility index (Phi) is 3.19. The number of nitrogens with zero attached hydrogens (tertiary/aromatic N) is 2. The van der Waals surface area contributed by atoms with Crippen LogP contribution < -0.4 is 0 Å². The molecule has 1 aromatic rings. The predicted octanol–water partition coefficient (Wildman–Crippen LogP) is 0.485. The lowest BCUT2D eigenvalue weighted by molar-refractivity contribution is 0.0660. The van der Waals surface area contributed by atoms with Gasteiger partial charge in [-0.1, -0.05) is 0 Å². The van der Waals surface area contributed by atoms with Gasteiger partial charge in [0.15, 0.2) is 0 Å². The number of phenols is 2. The number of benzene rings is 1. The lowest BCUT2D eigenvalue weighted by atomic mass is 10.1. The van der Waals surface area contributed by atoms with Crippen LogP contribution in [-0.2, 0) is 0 Å². The minimum atomic E-state index is -0.230. The van der Waals surface area contributed by atoms with Gasteiger partial charge in [0.2, 0.25) is 0 Å². The van der Waals surface area contributed by atoms with Crippen molar-refractivity contribution in [1.29, 1.82) is 0 Å². The largest absolute Gasteiger partial charge is 0.508 e. The zero-order valence-corrected chi connectivity index (χ0v) is 9.76. The molecule has 92 valence electrons. The van der Waals surface area contributed by atoms with Crippen molar-refractivity contribution in [3.05, 3.63) is 23.8 Å². The van der Waals surface area contributed by atoms with Crippen molar-refractivity contribution < 1.29 is 15.0 Å². The van der Waals surface area contributed by atoms with Crippen LogP contribution in [0.2, 0.25) is 0 Å². The molecule has 0 aliphatic carbocycles. The minimum absolute atomic E-state index is 0.0136. The summed E-state index contributed by atoms with van der Waals surface area (Å²) in [6, 6.07) is 3.99. The van der Waals surface area contributed by atoms with E-state index in [2.05, 4.69) is 4.90 Å². The summed E-state index contributed by atoms with van der Waals surface area (Å²) in [6.07, 6.45) is 0. The Morgan fingerprint density at radius 2 is 1.82 bits per heavy atom. The number of carbonyl (C=O) groups is 1. The van der Waals surface area contributed by atoms with Gasteiger partial charge >= 0.3 is 0 Å². The Labute approximate surface area is 99.9 Å². The van der Waals surface area contributed by atoms with E-state index in [1.807, 2.05) is 7.05 Å². The first-order valence-electron chi connectivity index (χ1n) is 5.58. The standard InChI is InChI=1S/C12H16N2O3/c1-13-4-6-14(7-5-13)12(17)10-8-9(15)2-3-11(10)16/h2-3,8,15-16H,4-7H2,1H3. The molecule has 0 unspecified atom stereocenters. The molecule has 5 nitrogen and oxygen atoms in total. The van der Waals surface area contributed by atoms with Gasteiger partial charge in [0.25, 0.3) is 5.91 Å². The number of likely N-dealkylation sites (N-methyl/N-ethyl adjacent to an activating group) is 1. The number of piperazine rings is 1. The van der Waals surface area contributed by atoms with E-state index in [1.54, 1.807) is 4.90 Å². The molecular formula is C12H16N2O3. The Bertz CT molecular complexity index is 426. The van der Waals surface area contributed by atoms with Crippen molar-refractivity contribution in [3.8, 4) is 11.5 Å². The van der Waals surface area contributed by atoms with Crippen molar-refractivity contribution in [1.82, 2.24) is 9.80 Å². The van der Waals surface area contributed by atoms with Gasteiger partial charge < -0.3 is 20.0 Å². The average molecular weight is 236 g/mol. The van der Waals surface area contributed by atoms with Crippen LogP contribution in [0, 0.1) is 0 Å². The van der Waals surface area contributed by atoms with Gasteiger partial charge in [0.1, 0.15) is 11.5 Å². The molecule has 0 aromatic heterocycles. The second-order valence-corrected chi connectivity index (χ2v) is 4.30. The zero-order chi connectivity index (χ0) is 12.4. The Morgan fingerprint density at radius 1 is 1.18 bits per heavy atom. The van der Waals surface area contributed by atoms with Crippen LogP contribution in [0.5, 0.6) is 11.5 Å². The molecule has 1 aromatic carbocycles. The van der Waals surface area contributed by atoms with Crippen molar-refractivity contribution in [2.45, 2.75) is 0 Å². The molecule has 1 amide bonds. The molecule has 0 radical (unpaired) electrons. The first-order valence-corrected chi connectivity index (χ1v) is 5.58. The fourth-order valence-corrected chi connectivity index (χ4v) is 1.88. The molecule has 1 saturated heterocycles. The predicted molar refractivity (Wildman–Crippen MR) is 63.2 cm³/mol. The maximum Gasteiger partial charge on any atom is 0.257 e. The highest BCUT2D eigenvalue weighted by Crippen LogP contribution is 2.23. The highest BCUT2D eigenvalue weighted by Gasteiger charge is 2.22. The van der Waals surface area contributed by atoms with Crippen molar-refractivity contribution in [3.63, 3.8) is 0 Å². The highest BCUT2D eigenvalue weighted by atomic mass is 16.3. The monoisotopic (exact) mass is 236 g/mol. The molecule has 0 spiro atoms. The number of aromatic hydroxyl groups is 2. The summed E-state index contributed by atoms with van der Waals surface area (Å²) in [5.41, 5.74) is 0.162. The molecule has 1 aliphatic heterocycles. The fourth-order valence-electron chi connectivity index (χ4n) is 1.88. The van der Waals surface area contributed by atoms with E-state index in [0.717, 1.165) is 13.1 Å². The van der Waals surface area contributed by atoms with Gasteiger partial charge in [-0.15, -0.1) is 0 Å². The smallest absolute Gasteiger partial charge is 0.257 e. The lowest BCUT2D eigenvalue weighted by Crippen LogP contribution is -2.47. The molecule has 0 atom stereocenters. The third-order valence-corrected chi connectivity index (χ3v) is 3.00. The van der Waals surface area contributed by atoms with Gasteiger partial charge in [0, 0.05) is 26.2 Å². The zero-order valence-electron chi connectivity index (χ0n) is 9.76. The first kappa shape index (κ1) is 11.7. The maximum absolute atomic E-state index is 12.1. The van der Waals surface area contributed by atoms with Crippen LogP contribution in [0.4, 0.5) is 0 Å². The number of amides is 1. The van der Waals surface area contributed by atoms with E-state index in [1.165, 1.54) is 18.2 Å². The van der Waals surface area contributed by atoms with Crippen LogP contribution in [0.15, 0.2) is 18.2 Å². The summed E-state index contributed by atoms with van der Waals surface area (Å²) >= 11 is 0. The molecule has 0 saturated carbocycles.